The van der Waals surface area contributed by atoms with Crippen molar-refractivity contribution in [1.82, 2.24) is 4.90 Å². The molecule has 1 N–H and O–H groups in total. The molecule has 0 saturated carbocycles. The predicted molar refractivity (Wildman–Crippen MR) is 64.9 cm³/mol. The van der Waals surface area contributed by atoms with Crippen LogP contribution in [0.15, 0.2) is 24.3 Å². The van der Waals surface area contributed by atoms with Gasteiger partial charge in [0.15, 0.2) is 0 Å². The van der Waals surface area contributed by atoms with Gasteiger partial charge in [0, 0.05) is 41.1 Å². The van der Waals surface area contributed by atoms with E-state index in [1.54, 1.807) is 4.90 Å². The summed E-state index contributed by atoms with van der Waals surface area (Å²) in [6, 6.07) is 5.38. The maximum Gasteiger partial charge on any atom is 0.321 e. The normalized spacial score (nSPS) is 16.9. The third-order valence-corrected chi connectivity index (χ3v) is 3.84. The van der Waals surface area contributed by atoms with Gasteiger partial charge >= 0.3 is 6.03 Å². The molecule has 92 valence electrons. The maximum atomic E-state index is 12.7. The number of carbonyl (C=O) groups is 1. The van der Waals surface area contributed by atoms with Crippen LogP contribution in [0.2, 0.25) is 0 Å². The fourth-order valence-electron chi connectivity index (χ4n) is 1.58. The highest BCUT2D eigenvalue weighted by Gasteiger charge is 2.19. The summed E-state index contributed by atoms with van der Waals surface area (Å²) in [7, 11) is -0.798. The second-order valence-corrected chi connectivity index (χ2v) is 5.47. The maximum absolute atomic E-state index is 12.7. The number of hydrogen-bond donors (Lipinski definition) is 1. The molecule has 0 aromatic heterocycles. The molecule has 0 bridgehead atoms. The first kappa shape index (κ1) is 12.0. The summed E-state index contributed by atoms with van der Waals surface area (Å²) in [5, 5.41) is 2.68. The summed E-state index contributed by atoms with van der Waals surface area (Å²) in [5.41, 5.74) is 0.558. The van der Waals surface area contributed by atoms with E-state index in [0.717, 1.165) is 0 Å². The van der Waals surface area contributed by atoms with Gasteiger partial charge in [-0.2, -0.15) is 0 Å². The van der Waals surface area contributed by atoms with Gasteiger partial charge in [0.25, 0.3) is 0 Å². The van der Waals surface area contributed by atoms with Crippen molar-refractivity contribution < 1.29 is 13.4 Å². The van der Waals surface area contributed by atoms with Crippen molar-refractivity contribution in [2.75, 3.05) is 29.9 Å². The lowest BCUT2D eigenvalue weighted by Gasteiger charge is -2.26. The Morgan fingerprint density at radius 3 is 2.41 bits per heavy atom. The van der Waals surface area contributed by atoms with E-state index in [1.807, 2.05) is 0 Å². The van der Waals surface area contributed by atoms with E-state index in [4.69, 9.17) is 0 Å². The first-order valence-electron chi connectivity index (χ1n) is 5.31. The summed E-state index contributed by atoms with van der Waals surface area (Å²) >= 11 is 0. The summed E-state index contributed by atoms with van der Waals surface area (Å²) in [6.07, 6.45) is 0. The molecule has 2 amide bonds. The Labute approximate surface area is 101 Å². The quantitative estimate of drug-likeness (QED) is 0.826. The van der Waals surface area contributed by atoms with Crippen molar-refractivity contribution in [1.29, 1.82) is 0 Å². The van der Waals surface area contributed by atoms with E-state index in [2.05, 4.69) is 5.32 Å². The number of urea groups is 1. The van der Waals surface area contributed by atoms with E-state index in [0.29, 0.717) is 30.3 Å². The Kier molecular flexibility index (Phi) is 3.73. The Bertz CT molecular complexity index is 426. The van der Waals surface area contributed by atoms with Crippen LogP contribution in [-0.2, 0) is 10.8 Å². The minimum absolute atomic E-state index is 0.228. The lowest BCUT2D eigenvalue weighted by molar-refractivity contribution is 0.216. The Balaban J connectivity index is 1.92. The largest absolute Gasteiger partial charge is 0.323 e. The van der Waals surface area contributed by atoms with E-state index in [9.17, 15) is 13.4 Å². The second kappa shape index (κ2) is 5.27. The number of nitrogens with one attached hydrogen (secondary N) is 1. The van der Waals surface area contributed by atoms with Crippen molar-refractivity contribution in [2.24, 2.45) is 0 Å². The molecule has 1 aliphatic rings. The van der Waals surface area contributed by atoms with Crippen LogP contribution >= 0.6 is 0 Å². The summed E-state index contributed by atoms with van der Waals surface area (Å²) in [6.45, 7) is 0.999. The summed E-state index contributed by atoms with van der Waals surface area (Å²) < 4.78 is 23.8. The topological polar surface area (TPSA) is 49.4 Å². The Hall–Kier alpha value is -1.43. The van der Waals surface area contributed by atoms with E-state index >= 15 is 0 Å². The number of benzene rings is 1. The van der Waals surface area contributed by atoms with Gasteiger partial charge in [-0.05, 0) is 24.3 Å². The predicted octanol–water partition coefficient (Wildman–Crippen LogP) is 1.42. The van der Waals surface area contributed by atoms with Gasteiger partial charge in [0.1, 0.15) is 5.82 Å². The molecule has 6 heteroatoms. The van der Waals surface area contributed by atoms with Gasteiger partial charge in [-0.15, -0.1) is 0 Å². The zero-order valence-corrected chi connectivity index (χ0v) is 10.0. The van der Waals surface area contributed by atoms with Crippen molar-refractivity contribution in [3.8, 4) is 0 Å². The highest BCUT2D eigenvalue weighted by atomic mass is 32.2. The summed E-state index contributed by atoms with van der Waals surface area (Å²) in [4.78, 5) is 13.4. The molecule has 0 atom stereocenters. The van der Waals surface area contributed by atoms with Crippen LogP contribution in [0.3, 0.4) is 0 Å². The van der Waals surface area contributed by atoms with Gasteiger partial charge in [0.05, 0.1) is 0 Å². The summed E-state index contributed by atoms with van der Waals surface area (Å²) in [5.74, 6) is 0.713. The molecule has 1 aliphatic heterocycles. The molecule has 17 heavy (non-hydrogen) atoms. The molecule has 0 aliphatic carbocycles. The van der Waals surface area contributed by atoms with Crippen molar-refractivity contribution >= 4 is 22.5 Å². The number of rotatable bonds is 1. The van der Waals surface area contributed by atoms with Crippen LogP contribution in [0.4, 0.5) is 14.9 Å². The van der Waals surface area contributed by atoms with Gasteiger partial charge in [-0.1, -0.05) is 0 Å². The minimum atomic E-state index is -0.798. The first-order chi connectivity index (χ1) is 8.15. The number of anilines is 1. The van der Waals surface area contributed by atoms with Crippen LogP contribution < -0.4 is 5.32 Å². The van der Waals surface area contributed by atoms with E-state index < -0.39 is 10.8 Å². The van der Waals surface area contributed by atoms with Crippen LogP contribution in [0.5, 0.6) is 0 Å². The average molecular weight is 256 g/mol. The molecule has 1 fully saturated rings. The fourth-order valence-corrected chi connectivity index (χ4v) is 2.63. The first-order valence-corrected chi connectivity index (χ1v) is 6.80. The molecule has 4 nitrogen and oxygen atoms in total. The standard InChI is InChI=1S/C11H13FN2O2S/c12-9-1-3-10(4-2-9)13-11(15)14-5-7-17(16)8-6-14/h1-4H,5-8H2,(H,13,15). The van der Waals surface area contributed by atoms with Crippen LogP contribution in [0.1, 0.15) is 0 Å². The Morgan fingerprint density at radius 2 is 1.82 bits per heavy atom. The fraction of sp³-hybridized carbons (Fsp3) is 0.364. The third kappa shape index (κ3) is 3.26. The van der Waals surface area contributed by atoms with Gasteiger partial charge in [-0.25, -0.2) is 9.18 Å². The molecular formula is C11H13FN2O2S. The second-order valence-electron chi connectivity index (χ2n) is 3.77. The molecule has 0 spiro atoms. The van der Waals surface area contributed by atoms with Gasteiger partial charge < -0.3 is 10.2 Å². The highest BCUT2D eigenvalue weighted by molar-refractivity contribution is 7.85. The minimum Gasteiger partial charge on any atom is -0.323 e. The molecule has 1 aromatic rings. The van der Waals surface area contributed by atoms with Crippen LogP contribution in [0, 0.1) is 5.82 Å². The van der Waals surface area contributed by atoms with Crippen LogP contribution in [-0.4, -0.2) is 39.7 Å². The SMILES string of the molecule is O=C(Nc1ccc(F)cc1)N1CCS(=O)CC1. The average Bonchev–Trinajstić information content (AvgIpc) is 2.33. The van der Waals surface area contributed by atoms with Gasteiger partial charge in [0.2, 0.25) is 0 Å². The van der Waals surface area contributed by atoms with E-state index in [-0.39, 0.29) is 11.8 Å². The van der Waals surface area contributed by atoms with Gasteiger partial charge in [-0.3, -0.25) is 4.21 Å². The lowest BCUT2D eigenvalue weighted by Crippen LogP contribution is -2.43. The monoisotopic (exact) mass is 256 g/mol. The molecule has 1 aromatic carbocycles. The molecule has 0 radical (unpaired) electrons. The van der Waals surface area contributed by atoms with Crippen LogP contribution in [0.25, 0.3) is 0 Å². The number of hydrogen-bond acceptors (Lipinski definition) is 2. The molecule has 0 unspecified atom stereocenters. The smallest absolute Gasteiger partial charge is 0.321 e. The highest BCUT2D eigenvalue weighted by Crippen LogP contribution is 2.10. The van der Waals surface area contributed by atoms with Crippen molar-refractivity contribution in [2.45, 2.75) is 0 Å². The number of amides is 2. The molecule has 2 rings (SSSR count). The van der Waals surface area contributed by atoms with Crippen molar-refractivity contribution in [3.63, 3.8) is 0 Å². The molecule has 1 heterocycles. The van der Waals surface area contributed by atoms with Crippen molar-refractivity contribution in [3.05, 3.63) is 30.1 Å². The molecular weight excluding hydrogens is 243 g/mol. The lowest BCUT2D eigenvalue weighted by atomic mass is 10.3. The number of carbonyl (C=O) groups excluding carboxylic acids is 1. The number of nitrogens with zero attached hydrogens (tertiary/aromatic N) is 1. The zero-order valence-electron chi connectivity index (χ0n) is 9.19. The number of halogens is 1. The molecule has 1 saturated heterocycles. The zero-order chi connectivity index (χ0) is 12.3. The third-order valence-electron chi connectivity index (χ3n) is 2.56. The Morgan fingerprint density at radius 1 is 1.24 bits per heavy atom. The van der Waals surface area contributed by atoms with E-state index in [1.165, 1.54) is 24.3 Å².